The second-order valence-electron chi connectivity index (χ2n) is 15.4. The molecule has 0 unspecified atom stereocenters. The van der Waals surface area contributed by atoms with Gasteiger partial charge in [0.05, 0.1) is 17.1 Å². The molecule has 0 fully saturated rings. The number of rotatable bonds is 5. The molecule has 9 aromatic carbocycles. The monoisotopic (exact) mass is 718 g/mol. The molecule has 2 aliphatic rings. The van der Waals surface area contributed by atoms with Crippen LogP contribution < -0.4 is 14.5 Å². The predicted molar refractivity (Wildman–Crippen MR) is 234 cm³/mol. The smallest absolute Gasteiger partial charge is 0.152 e. The van der Waals surface area contributed by atoms with Crippen molar-refractivity contribution in [2.75, 3.05) is 9.80 Å². The first-order chi connectivity index (χ1) is 27.5. The minimum absolute atomic E-state index is 0.253. The Hall–Kier alpha value is -7.10. The lowest BCUT2D eigenvalue weighted by atomic mass is 9.72. The van der Waals surface area contributed by atoms with Gasteiger partial charge in [0.1, 0.15) is 0 Å². The second kappa shape index (κ2) is 12.5. The van der Waals surface area contributed by atoms with Crippen molar-refractivity contribution in [3.05, 3.63) is 205 Å². The van der Waals surface area contributed by atoms with E-state index in [0.717, 1.165) is 51.1 Å². The normalized spacial score (nSPS) is 13.4. The maximum atomic E-state index is 6.91. The third kappa shape index (κ3) is 5.05. The fourth-order valence-corrected chi connectivity index (χ4v) is 8.92. The number of nitrogens with zero attached hydrogens (tertiary/aromatic N) is 2. The highest BCUT2D eigenvalue weighted by molar-refractivity contribution is 6.06. The topological polar surface area (TPSA) is 15.7 Å². The largest absolute Gasteiger partial charge is 0.453 e. The summed E-state index contributed by atoms with van der Waals surface area (Å²) in [7, 11) is 0. The molecule has 0 aliphatic carbocycles. The number of hydrogen-bond donors (Lipinski definition) is 0. The summed E-state index contributed by atoms with van der Waals surface area (Å²) >= 11 is 0. The molecule has 0 atom stereocenters. The SMILES string of the molecule is CC1(C)c2ccccc2N2c3c(cc(-c4ccc(N(c5ccc(-c6ccccc6)cc5)c5ccc6ccccc6c5)cc4)cc31)Oc1ccc3ccccc3c12. The molecule has 0 saturated heterocycles. The summed E-state index contributed by atoms with van der Waals surface area (Å²) in [5.41, 5.74) is 13.7. The molecular formula is C53H38N2O. The molecule has 2 aliphatic heterocycles. The summed E-state index contributed by atoms with van der Waals surface area (Å²) in [6, 6.07) is 70.1. The molecule has 3 heteroatoms. The molecule has 0 aromatic heterocycles. The predicted octanol–water partition coefficient (Wildman–Crippen LogP) is 15.0. The molecule has 0 spiro atoms. The number of benzene rings is 9. The zero-order valence-corrected chi connectivity index (χ0v) is 31.3. The number of anilines is 6. The number of fused-ring (bicyclic) bond motifs is 7. The van der Waals surface area contributed by atoms with Gasteiger partial charge >= 0.3 is 0 Å². The Morgan fingerprint density at radius 3 is 1.77 bits per heavy atom. The molecule has 2 heterocycles. The molecule has 3 nitrogen and oxygen atoms in total. The van der Waals surface area contributed by atoms with Gasteiger partial charge in [-0.05, 0) is 110 Å². The van der Waals surface area contributed by atoms with Crippen LogP contribution in [0.5, 0.6) is 11.5 Å². The summed E-state index contributed by atoms with van der Waals surface area (Å²) in [6.45, 7) is 4.68. The maximum absolute atomic E-state index is 6.91. The summed E-state index contributed by atoms with van der Waals surface area (Å²) in [4.78, 5) is 4.80. The Kier molecular flexibility index (Phi) is 7.20. The van der Waals surface area contributed by atoms with Crippen molar-refractivity contribution >= 4 is 55.7 Å². The van der Waals surface area contributed by atoms with E-state index in [1.165, 1.54) is 49.5 Å². The third-order valence-corrected chi connectivity index (χ3v) is 11.8. The molecule has 0 saturated carbocycles. The molecule has 0 bridgehead atoms. The van der Waals surface area contributed by atoms with Crippen molar-refractivity contribution in [2.24, 2.45) is 0 Å². The first kappa shape index (κ1) is 32.3. The van der Waals surface area contributed by atoms with Crippen LogP contribution in [0.4, 0.5) is 34.1 Å². The van der Waals surface area contributed by atoms with Gasteiger partial charge in [-0.25, -0.2) is 0 Å². The number of hydrogen-bond acceptors (Lipinski definition) is 3. The van der Waals surface area contributed by atoms with E-state index in [1.54, 1.807) is 0 Å². The van der Waals surface area contributed by atoms with Crippen molar-refractivity contribution in [1.29, 1.82) is 0 Å². The van der Waals surface area contributed by atoms with Crippen molar-refractivity contribution in [2.45, 2.75) is 19.3 Å². The van der Waals surface area contributed by atoms with Crippen LogP contribution in [0.15, 0.2) is 194 Å². The van der Waals surface area contributed by atoms with E-state index in [-0.39, 0.29) is 5.41 Å². The van der Waals surface area contributed by atoms with Crippen LogP contribution in [0.25, 0.3) is 43.8 Å². The van der Waals surface area contributed by atoms with E-state index >= 15 is 0 Å². The van der Waals surface area contributed by atoms with E-state index in [1.807, 2.05) is 0 Å². The second-order valence-corrected chi connectivity index (χ2v) is 15.4. The average molecular weight is 719 g/mol. The Balaban J connectivity index is 1.03. The van der Waals surface area contributed by atoms with Crippen molar-refractivity contribution in [3.8, 4) is 33.8 Å². The minimum Gasteiger partial charge on any atom is -0.453 e. The lowest BCUT2D eigenvalue weighted by Gasteiger charge is -2.45. The first-order valence-electron chi connectivity index (χ1n) is 19.3. The van der Waals surface area contributed by atoms with E-state index < -0.39 is 0 Å². The molecule has 266 valence electrons. The molecule has 0 radical (unpaired) electrons. The van der Waals surface area contributed by atoms with Crippen LogP contribution in [0.1, 0.15) is 25.0 Å². The Bertz CT molecular complexity index is 2970. The van der Waals surface area contributed by atoms with Crippen LogP contribution in [0.3, 0.4) is 0 Å². The Morgan fingerprint density at radius 2 is 1.00 bits per heavy atom. The zero-order chi connectivity index (χ0) is 37.4. The lowest BCUT2D eigenvalue weighted by molar-refractivity contribution is 0.472. The van der Waals surface area contributed by atoms with Gasteiger partial charge in [-0.1, -0.05) is 147 Å². The molecule has 0 N–H and O–H groups in total. The van der Waals surface area contributed by atoms with E-state index in [2.05, 4.69) is 218 Å². The summed E-state index contributed by atoms with van der Waals surface area (Å²) in [5.74, 6) is 1.75. The van der Waals surface area contributed by atoms with E-state index in [0.29, 0.717) is 0 Å². The highest BCUT2D eigenvalue weighted by atomic mass is 16.5. The van der Waals surface area contributed by atoms with Crippen LogP contribution in [-0.4, -0.2) is 0 Å². The molecule has 0 amide bonds. The van der Waals surface area contributed by atoms with Crippen molar-refractivity contribution < 1.29 is 4.74 Å². The van der Waals surface area contributed by atoms with Gasteiger partial charge in [-0.15, -0.1) is 0 Å². The molecule has 56 heavy (non-hydrogen) atoms. The quantitative estimate of drug-likeness (QED) is 0.176. The van der Waals surface area contributed by atoms with E-state index in [4.69, 9.17) is 4.74 Å². The van der Waals surface area contributed by atoms with Crippen LogP contribution in [0, 0.1) is 0 Å². The van der Waals surface area contributed by atoms with Crippen molar-refractivity contribution in [1.82, 2.24) is 0 Å². The highest BCUT2D eigenvalue weighted by Crippen LogP contribution is 2.61. The standard InChI is InChI=1S/C53H38N2O/c1-53(2)46-18-10-11-19-48(46)55-51-45-17-9-8-15-39(45)25-31-49(51)56-50-34-41(33-47(53)52(50)55)38-22-28-43(29-23-38)54(44-30-24-36-14-6-7-16-40(36)32-44)42-26-20-37(21-27-42)35-12-4-3-5-13-35/h3-34H,1-2H3. The summed E-state index contributed by atoms with van der Waals surface area (Å²) < 4.78 is 6.91. The van der Waals surface area contributed by atoms with E-state index in [9.17, 15) is 0 Å². The fraction of sp³-hybridized carbons (Fsp3) is 0.0566. The first-order valence-corrected chi connectivity index (χ1v) is 19.3. The van der Waals surface area contributed by atoms with Crippen molar-refractivity contribution in [3.63, 3.8) is 0 Å². The third-order valence-electron chi connectivity index (χ3n) is 11.8. The van der Waals surface area contributed by atoms with Crippen LogP contribution in [0.2, 0.25) is 0 Å². The van der Waals surface area contributed by atoms with Gasteiger partial charge < -0.3 is 14.5 Å². The highest BCUT2D eigenvalue weighted by Gasteiger charge is 2.42. The summed E-state index contributed by atoms with van der Waals surface area (Å²) in [5, 5.41) is 4.82. The van der Waals surface area contributed by atoms with Gasteiger partial charge in [0.2, 0.25) is 0 Å². The minimum atomic E-state index is -0.253. The zero-order valence-electron chi connectivity index (χ0n) is 31.3. The Labute approximate surface area is 327 Å². The van der Waals surface area contributed by atoms with Gasteiger partial charge in [0.15, 0.2) is 11.5 Å². The molecule has 11 rings (SSSR count). The van der Waals surface area contributed by atoms with Gasteiger partial charge in [0.25, 0.3) is 0 Å². The van der Waals surface area contributed by atoms with Gasteiger partial charge in [-0.2, -0.15) is 0 Å². The summed E-state index contributed by atoms with van der Waals surface area (Å²) in [6.07, 6.45) is 0. The average Bonchev–Trinajstić information content (AvgIpc) is 3.25. The molecular weight excluding hydrogens is 681 g/mol. The number of para-hydroxylation sites is 1. The number of ether oxygens (including phenoxy) is 1. The Morgan fingerprint density at radius 1 is 0.411 bits per heavy atom. The van der Waals surface area contributed by atoms with Gasteiger partial charge in [-0.3, -0.25) is 0 Å². The lowest BCUT2D eigenvalue weighted by Crippen LogP contribution is -2.32. The molecule has 9 aromatic rings. The maximum Gasteiger partial charge on any atom is 0.152 e. The van der Waals surface area contributed by atoms with Crippen LogP contribution >= 0.6 is 0 Å². The fourth-order valence-electron chi connectivity index (χ4n) is 8.92. The van der Waals surface area contributed by atoms with Crippen LogP contribution in [-0.2, 0) is 5.41 Å². The van der Waals surface area contributed by atoms with Gasteiger partial charge in [0, 0.05) is 27.9 Å².